The highest BCUT2D eigenvalue weighted by atomic mass is 16.5. The number of hydrogen-bond acceptors (Lipinski definition) is 4. The summed E-state index contributed by atoms with van der Waals surface area (Å²) >= 11 is 0. The van der Waals surface area contributed by atoms with Crippen LogP contribution < -0.4 is 10.1 Å². The Labute approximate surface area is 149 Å². The lowest BCUT2D eigenvalue weighted by molar-refractivity contribution is -0.134. The van der Waals surface area contributed by atoms with Gasteiger partial charge in [-0.25, -0.2) is 0 Å². The Morgan fingerprint density at radius 3 is 3.00 bits per heavy atom. The van der Waals surface area contributed by atoms with Gasteiger partial charge >= 0.3 is 0 Å². The largest absolute Gasteiger partial charge is 0.493 e. The average molecular weight is 339 g/mol. The first-order valence-corrected chi connectivity index (χ1v) is 8.84. The topological polar surface area (TPSA) is 54.5 Å². The Morgan fingerprint density at radius 2 is 2.20 bits per heavy atom. The van der Waals surface area contributed by atoms with Crippen LogP contribution in [-0.4, -0.2) is 42.0 Å². The average Bonchev–Trinajstić information content (AvgIpc) is 2.67. The van der Waals surface area contributed by atoms with E-state index in [2.05, 4.69) is 10.3 Å². The molecule has 1 aliphatic rings. The van der Waals surface area contributed by atoms with Crippen LogP contribution in [0.1, 0.15) is 30.0 Å². The minimum Gasteiger partial charge on any atom is -0.493 e. The second-order valence-electron chi connectivity index (χ2n) is 6.31. The first-order valence-electron chi connectivity index (χ1n) is 8.84. The molecule has 1 atom stereocenters. The Hall–Kier alpha value is -2.40. The van der Waals surface area contributed by atoms with E-state index in [1.807, 2.05) is 54.4 Å². The van der Waals surface area contributed by atoms with Gasteiger partial charge in [0.2, 0.25) is 5.91 Å². The third kappa shape index (κ3) is 4.57. The summed E-state index contributed by atoms with van der Waals surface area (Å²) in [7, 11) is 0. The van der Waals surface area contributed by atoms with Gasteiger partial charge in [-0.1, -0.05) is 24.3 Å². The number of hydrogen-bond donors (Lipinski definition) is 1. The smallest absolute Gasteiger partial charge is 0.223 e. The first-order chi connectivity index (χ1) is 12.3. The second kappa shape index (κ2) is 8.62. The molecule has 1 unspecified atom stereocenters. The van der Waals surface area contributed by atoms with Crippen molar-refractivity contribution in [3.63, 3.8) is 0 Å². The second-order valence-corrected chi connectivity index (χ2v) is 6.31. The molecule has 1 fully saturated rings. The third-order valence-corrected chi connectivity index (χ3v) is 4.52. The lowest BCUT2D eigenvalue weighted by Crippen LogP contribution is -2.48. The molecule has 3 rings (SSSR count). The summed E-state index contributed by atoms with van der Waals surface area (Å²) in [6.45, 7) is 4.93. The molecular weight excluding hydrogens is 314 g/mol. The van der Waals surface area contributed by atoms with Crippen LogP contribution in [0.4, 0.5) is 0 Å². The zero-order valence-corrected chi connectivity index (χ0v) is 14.6. The SMILES string of the molecule is Cc1ccccc1OCCCC(=O)N1CCNCC1c1cccnc1. The fraction of sp³-hybridized carbons (Fsp3) is 0.400. The van der Waals surface area contributed by atoms with Crippen molar-refractivity contribution in [1.29, 1.82) is 0 Å². The van der Waals surface area contributed by atoms with E-state index < -0.39 is 0 Å². The first kappa shape index (κ1) is 17.4. The van der Waals surface area contributed by atoms with Crippen LogP contribution in [-0.2, 0) is 4.79 Å². The molecule has 132 valence electrons. The molecule has 0 saturated carbocycles. The van der Waals surface area contributed by atoms with Crippen molar-refractivity contribution in [2.24, 2.45) is 0 Å². The fourth-order valence-corrected chi connectivity index (χ4v) is 3.14. The third-order valence-electron chi connectivity index (χ3n) is 4.52. The summed E-state index contributed by atoms with van der Waals surface area (Å²) in [5.74, 6) is 1.08. The van der Waals surface area contributed by atoms with Crippen LogP contribution in [0.5, 0.6) is 5.75 Å². The Morgan fingerprint density at radius 1 is 1.32 bits per heavy atom. The molecule has 1 saturated heterocycles. The number of amides is 1. The van der Waals surface area contributed by atoms with Crippen molar-refractivity contribution >= 4 is 5.91 Å². The Balaban J connectivity index is 1.52. The van der Waals surface area contributed by atoms with Crippen molar-refractivity contribution in [2.75, 3.05) is 26.2 Å². The summed E-state index contributed by atoms with van der Waals surface area (Å²) in [6.07, 6.45) is 4.83. The molecule has 5 nitrogen and oxygen atoms in total. The number of piperazine rings is 1. The quantitative estimate of drug-likeness (QED) is 0.822. The molecule has 1 N–H and O–H groups in total. The van der Waals surface area contributed by atoms with Crippen LogP contribution in [0.2, 0.25) is 0 Å². The van der Waals surface area contributed by atoms with E-state index in [0.717, 1.165) is 42.9 Å². The van der Waals surface area contributed by atoms with Crippen molar-refractivity contribution in [3.8, 4) is 5.75 Å². The number of nitrogens with one attached hydrogen (secondary N) is 1. The molecule has 1 aromatic heterocycles. The number of pyridine rings is 1. The summed E-state index contributed by atoms with van der Waals surface area (Å²) in [5.41, 5.74) is 2.20. The van der Waals surface area contributed by atoms with Crippen LogP contribution in [0.3, 0.4) is 0 Å². The van der Waals surface area contributed by atoms with Crippen LogP contribution in [0.25, 0.3) is 0 Å². The van der Waals surface area contributed by atoms with Crippen molar-refractivity contribution in [2.45, 2.75) is 25.8 Å². The molecule has 2 aromatic rings. The van der Waals surface area contributed by atoms with Crippen LogP contribution >= 0.6 is 0 Å². The highest BCUT2D eigenvalue weighted by molar-refractivity contribution is 5.76. The number of nitrogens with zero attached hydrogens (tertiary/aromatic N) is 2. The van der Waals surface area contributed by atoms with E-state index >= 15 is 0 Å². The molecule has 2 heterocycles. The number of aromatic nitrogens is 1. The van der Waals surface area contributed by atoms with Gasteiger partial charge in [0, 0.05) is 38.4 Å². The van der Waals surface area contributed by atoms with E-state index in [1.165, 1.54) is 0 Å². The molecule has 0 aliphatic carbocycles. The number of ether oxygens (including phenoxy) is 1. The molecule has 0 radical (unpaired) electrons. The minimum absolute atomic E-state index is 0.0623. The highest BCUT2D eigenvalue weighted by Gasteiger charge is 2.27. The Bertz CT molecular complexity index is 690. The molecule has 1 aliphatic heterocycles. The lowest BCUT2D eigenvalue weighted by Gasteiger charge is -2.36. The molecule has 1 amide bonds. The van der Waals surface area contributed by atoms with Crippen LogP contribution in [0.15, 0.2) is 48.8 Å². The van der Waals surface area contributed by atoms with Gasteiger partial charge in [0.15, 0.2) is 0 Å². The van der Waals surface area contributed by atoms with Gasteiger partial charge in [-0.3, -0.25) is 9.78 Å². The van der Waals surface area contributed by atoms with E-state index in [-0.39, 0.29) is 11.9 Å². The zero-order valence-electron chi connectivity index (χ0n) is 14.6. The number of carbonyl (C=O) groups is 1. The lowest BCUT2D eigenvalue weighted by atomic mass is 10.0. The van der Waals surface area contributed by atoms with Crippen molar-refractivity contribution in [3.05, 3.63) is 59.9 Å². The van der Waals surface area contributed by atoms with Crippen LogP contribution in [0, 0.1) is 6.92 Å². The standard InChI is InChI=1S/C20H25N3O2/c1-16-6-2-3-8-19(16)25-13-5-9-20(24)23-12-11-22-15-18(23)17-7-4-10-21-14-17/h2-4,6-8,10,14,18,22H,5,9,11-13,15H2,1H3. The predicted octanol–water partition coefficient (Wildman–Crippen LogP) is 2.72. The van der Waals surface area contributed by atoms with E-state index in [9.17, 15) is 4.79 Å². The van der Waals surface area contributed by atoms with Crippen molar-refractivity contribution < 1.29 is 9.53 Å². The molecule has 1 aromatic carbocycles. The Kier molecular flexibility index (Phi) is 6.01. The normalized spacial score (nSPS) is 17.3. The summed E-state index contributed by atoms with van der Waals surface area (Å²) in [6, 6.07) is 12.0. The molecule has 0 spiro atoms. The molecular formula is C20H25N3O2. The fourth-order valence-electron chi connectivity index (χ4n) is 3.14. The zero-order chi connectivity index (χ0) is 17.5. The van der Waals surface area contributed by atoms with Gasteiger partial charge in [0.05, 0.1) is 12.6 Å². The number of aryl methyl sites for hydroxylation is 1. The molecule has 25 heavy (non-hydrogen) atoms. The van der Waals surface area contributed by atoms with E-state index in [1.54, 1.807) is 6.20 Å². The van der Waals surface area contributed by atoms with Gasteiger partial charge in [0.1, 0.15) is 5.75 Å². The van der Waals surface area contributed by atoms with Crippen molar-refractivity contribution in [1.82, 2.24) is 15.2 Å². The monoisotopic (exact) mass is 339 g/mol. The minimum atomic E-state index is 0.0623. The molecule has 5 heteroatoms. The number of benzene rings is 1. The highest BCUT2D eigenvalue weighted by Crippen LogP contribution is 2.22. The number of rotatable bonds is 6. The van der Waals surface area contributed by atoms with E-state index in [4.69, 9.17) is 4.74 Å². The maximum Gasteiger partial charge on any atom is 0.223 e. The molecule has 0 bridgehead atoms. The number of para-hydroxylation sites is 1. The van der Waals surface area contributed by atoms with Gasteiger partial charge in [-0.15, -0.1) is 0 Å². The maximum atomic E-state index is 12.7. The van der Waals surface area contributed by atoms with Gasteiger partial charge < -0.3 is 15.0 Å². The maximum absolute atomic E-state index is 12.7. The van der Waals surface area contributed by atoms with Gasteiger partial charge in [0.25, 0.3) is 0 Å². The number of carbonyl (C=O) groups excluding carboxylic acids is 1. The predicted molar refractivity (Wildman–Crippen MR) is 97.5 cm³/mol. The van der Waals surface area contributed by atoms with E-state index in [0.29, 0.717) is 13.0 Å². The summed E-state index contributed by atoms with van der Waals surface area (Å²) < 4.78 is 5.79. The van der Waals surface area contributed by atoms with Gasteiger partial charge in [-0.05, 0) is 36.6 Å². The van der Waals surface area contributed by atoms with Gasteiger partial charge in [-0.2, -0.15) is 0 Å². The summed E-state index contributed by atoms with van der Waals surface area (Å²) in [4.78, 5) is 18.8. The summed E-state index contributed by atoms with van der Waals surface area (Å²) in [5, 5.41) is 3.37.